The number of alkyl halides is 2. The molecule has 0 unspecified atom stereocenters. The number of nitrogens with one attached hydrogen (secondary N) is 1. The van der Waals surface area contributed by atoms with Gasteiger partial charge in [-0.05, 0) is 42.0 Å². The van der Waals surface area contributed by atoms with Gasteiger partial charge in [-0.2, -0.15) is 8.78 Å². The van der Waals surface area contributed by atoms with Crippen LogP contribution in [-0.4, -0.2) is 27.2 Å². The highest BCUT2D eigenvalue weighted by atomic mass is 32.2. The van der Waals surface area contributed by atoms with E-state index in [-0.39, 0.29) is 23.0 Å². The van der Waals surface area contributed by atoms with E-state index in [0.29, 0.717) is 11.3 Å². The molecule has 5 nitrogen and oxygen atoms in total. The fraction of sp³-hybridized carbons (Fsp3) is 0.188. The zero-order valence-corrected chi connectivity index (χ0v) is 13.5. The van der Waals surface area contributed by atoms with E-state index in [4.69, 9.17) is 0 Å². The van der Waals surface area contributed by atoms with Crippen molar-refractivity contribution in [2.75, 3.05) is 11.6 Å². The van der Waals surface area contributed by atoms with Crippen LogP contribution in [0.5, 0.6) is 5.75 Å². The molecule has 0 heterocycles. The predicted molar refractivity (Wildman–Crippen MR) is 85.0 cm³/mol. The summed E-state index contributed by atoms with van der Waals surface area (Å²) in [6, 6.07) is 11.5. The maximum absolute atomic E-state index is 12.1. The van der Waals surface area contributed by atoms with Crippen molar-refractivity contribution < 1.29 is 26.7 Å². The van der Waals surface area contributed by atoms with Gasteiger partial charge >= 0.3 is 6.61 Å². The molecule has 2 aromatic rings. The van der Waals surface area contributed by atoms with Crippen molar-refractivity contribution in [2.24, 2.45) is 0 Å². The Balaban J connectivity index is 1.95. The number of halogens is 2. The molecular weight excluding hydrogens is 340 g/mol. The smallest absolute Gasteiger partial charge is 0.387 e. The quantitative estimate of drug-likeness (QED) is 0.865. The molecule has 0 atom stereocenters. The van der Waals surface area contributed by atoms with Crippen molar-refractivity contribution in [1.82, 2.24) is 0 Å². The Kier molecular flexibility index (Phi) is 5.50. The van der Waals surface area contributed by atoms with E-state index in [9.17, 15) is 22.0 Å². The molecule has 0 spiro atoms. The summed E-state index contributed by atoms with van der Waals surface area (Å²) in [6.45, 7) is -2.89. The summed E-state index contributed by atoms with van der Waals surface area (Å²) in [5, 5.41) is 2.63. The van der Waals surface area contributed by atoms with Crippen molar-refractivity contribution >= 4 is 21.4 Å². The second-order valence-corrected chi connectivity index (χ2v) is 7.06. The first-order chi connectivity index (χ1) is 11.2. The summed E-state index contributed by atoms with van der Waals surface area (Å²) < 4.78 is 51.0. The van der Waals surface area contributed by atoms with Gasteiger partial charge in [0.15, 0.2) is 9.84 Å². The number of carbonyl (C=O) groups excluding carboxylic acids is 1. The minimum absolute atomic E-state index is 0.0190. The first-order valence-electron chi connectivity index (χ1n) is 6.88. The molecule has 0 bridgehead atoms. The molecule has 0 aromatic heterocycles. The lowest BCUT2D eigenvalue weighted by Crippen LogP contribution is -2.14. The van der Waals surface area contributed by atoms with Gasteiger partial charge < -0.3 is 10.1 Å². The van der Waals surface area contributed by atoms with Crippen molar-refractivity contribution in [3.8, 4) is 5.75 Å². The highest BCUT2D eigenvalue weighted by Gasteiger charge is 2.09. The number of amides is 1. The van der Waals surface area contributed by atoms with Crippen LogP contribution in [0.3, 0.4) is 0 Å². The zero-order valence-electron chi connectivity index (χ0n) is 12.7. The normalized spacial score (nSPS) is 11.3. The lowest BCUT2D eigenvalue weighted by molar-refractivity contribution is -0.115. The molecule has 2 aromatic carbocycles. The van der Waals surface area contributed by atoms with Crippen LogP contribution in [0.2, 0.25) is 0 Å². The molecule has 0 aliphatic rings. The Morgan fingerprint density at radius 2 is 1.67 bits per heavy atom. The maximum atomic E-state index is 12.1. The van der Waals surface area contributed by atoms with Gasteiger partial charge in [0.2, 0.25) is 5.91 Å². The van der Waals surface area contributed by atoms with E-state index in [1.54, 1.807) is 0 Å². The van der Waals surface area contributed by atoms with Gasteiger partial charge in [0, 0.05) is 11.9 Å². The Morgan fingerprint density at radius 1 is 1.08 bits per heavy atom. The lowest BCUT2D eigenvalue weighted by atomic mass is 10.1. The average molecular weight is 355 g/mol. The first-order valence-corrected chi connectivity index (χ1v) is 8.77. The monoisotopic (exact) mass is 355 g/mol. The van der Waals surface area contributed by atoms with Gasteiger partial charge in [0.05, 0.1) is 11.3 Å². The van der Waals surface area contributed by atoms with Gasteiger partial charge in [-0.25, -0.2) is 8.42 Å². The van der Waals surface area contributed by atoms with Gasteiger partial charge in [-0.1, -0.05) is 12.1 Å². The Labute approximate surface area is 138 Å². The van der Waals surface area contributed by atoms with Crippen LogP contribution in [0.1, 0.15) is 5.56 Å². The zero-order chi connectivity index (χ0) is 17.7. The Bertz CT molecular complexity index is 803. The molecule has 0 saturated carbocycles. The van der Waals surface area contributed by atoms with Crippen LogP contribution in [0.4, 0.5) is 14.5 Å². The molecule has 1 amide bonds. The van der Waals surface area contributed by atoms with Crippen LogP contribution in [-0.2, 0) is 21.1 Å². The number of anilines is 1. The number of ether oxygens (including phenoxy) is 1. The number of sulfone groups is 1. The Morgan fingerprint density at radius 3 is 2.17 bits per heavy atom. The lowest BCUT2D eigenvalue weighted by Gasteiger charge is -2.07. The third-order valence-electron chi connectivity index (χ3n) is 3.08. The second-order valence-electron chi connectivity index (χ2n) is 5.04. The van der Waals surface area contributed by atoms with Crippen molar-refractivity contribution in [3.05, 3.63) is 54.1 Å². The Hall–Kier alpha value is -2.48. The molecule has 128 valence electrons. The fourth-order valence-corrected chi connectivity index (χ4v) is 2.60. The van der Waals surface area contributed by atoms with Gasteiger partial charge in [0.1, 0.15) is 5.75 Å². The van der Waals surface area contributed by atoms with E-state index in [1.807, 2.05) is 0 Å². The third-order valence-corrected chi connectivity index (χ3v) is 4.21. The van der Waals surface area contributed by atoms with E-state index in [1.165, 1.54) is 48.5 Å². The average Bonchev–Trinajstić information content (AvgIpc) is 2.48. The van der Waals surface area contributed by atoms with Crippen LogP contribution in [0.25, 0.3) is 0 Å². The number of hydrogen-bond acceptors (Lipinski definition) is 4. The summed E-state index contributed by atoms with van der Waals surface area (Å²) in [5.74, 6) is -0.296. The van der Waals surface area contributed by atoms with Gasteiger partial charge in [-0.3, -0.25) is 4.79 Å². The molecular formula is C16H15F2NO4S. The predicted octanol–water partition coefficient (Wildman–Crippen LogP) is 2.87. The standard InChI is InChI=1S/C16H15F2NO4S/c1-24(21,22)14-8-4-12(5-9-14)19-15(20)10-11-2-6-13(7-3-11)23-16(17)18/h2-9,16H,10H2,1H3,(H,19,20). The number of rotatable bonds is 6. The summed E-state index contributed by atoms with van der Waals surface area (Å²) >= 11 is 0. The molecule has 0 aliphatic carbocycles. The fourth-order valence-electron chi connectivity index (χ4n) is 1.96. The van der Waals surface area contributed by atoms with Crippen molar-refractivity contribution in [2.45, 2.75) is 17.9 Å². The van der Waals surface area contributed by atoms with Crippen molar-refractivity contribution in [1.29, 1.82) is 0 Å². The minimum atomic E-state index is -3.29. The van der Waals surface area contributed by atoms with E-state index in [2.05, 4.69) is 10.1 Å². The van der Waals surface area contributed by atoms with Crippen LogP contribution in [0, 0.1) is 0 Å². The summed E-state index contributed by atoms with van der Waals surface area (Å²) in [6.07, 6.45) is 1.14. The largest absolute Gasteiger partial charge is 0.435 e. The summed E-state index contributed by atoms with van der Waals surface area (Å²) in [4.78, 5) is 12.1. The number of hydrogen-bond donors (Lipinski definition) is 1. The SMILES string of the molecule is CS(=O)(=O)c1ccc(NC(=O)Cc2ccc(OC(F)F)cc2)cc1. The maximum Gasteiger partial charge on any atom is 0.387 e. The molecule has 0 radical (unpaired) electrons. The molecule has 8 heteroatoms. The second kappa shape index (κ2) is 7.39. The summed E-state index contributed by atoms with van der Waals surface area (Å²) in [7, 11) is -3.29. The summed E-state index contributed by atoms with van der Waals surface area (Å²) in [5.41, 5.74) is 1.09. The third kappa shape index (κ3) is 5.31. The van der Waals surface area contributed by atoms with Gasteiger partial charge in [-0.15, -0.1) is 0 Å². The van der Waals surface area contributed by atoms with Crippen molar-refractivity contribution in [3.63, 3.8) is 0 Å². The highest BCUT2D eigenvalue weighted by Crippen LogP contribution is 2.17. The molecule has 2 rings (SSSR count). The molecule has 0 aliphatic heterocycles. The molecule has 0 saturated heterocycles. The molecule has 0 fully saturated rings. The van der Waals surface area contributed by atoms with E-state index >= 15 is 0 Å². The molecule has 24 heavy (non-hydrogen) atoms. The van der Waals surface area contributed by atoms with E-state index in [0.717, 1.165) is 6.26 Å². The number of carbonyl (C=O) groups is 1. The van der Waals surface area contributed by atoms with Crippen LogP contribution in [0.15, 0.2) is 53.4 Å². The number of benzene rings is 2. The van der Waals surface area contributed by atoms with Crippen LogP contribution < -0.4 is 10.1 Å². The minimum Gasteiger partial charge on any atom is -0.435 e. The first kappa shape index (κ1) is 17.9. The van der Waals surface area contributed by atoms with Crippen LogP contribution >= 0.6 is 0 Å². The molecule has 1 N–H and O–H groups in total. The topological polar surface area (TPSA) is 72.5 Å². The highest BCUT2D eigenvalue weighted by molar-refractivity contribution is 7.90. The van der Waals surface area contributed by atoms with Gasteiger partial charge in [0.25, 0.3) is 0 Å². The van der Waals surface area contributed by atoms with E-state index < -0.39 is 16.4 Å².